The lowest BCUT2D eigenvalue weighted by Gasteiger charge is -2.00. The predicted molar refractivity (Wildman–Crippen MR) is 79.6 cm³/mol. The van der Waals surface area contributed by atoms with Crippen LogP contribution in [-0.2, 0) is 0 Å². The summed E-state index contributed by atoms with van der Waals surface area (Å²) in [7, 11) is 0. The van der Waals surface area contributed by atoms with Crippen LogP contribution in [-0.4, -0.2) is 10.2 Å². The molecule has 1 heterocycles. The minimum Gasteiger partial charge on any atom is -0.436 e. The van der Waals surface area contributed by atoms with E-state index in [1.807, 2.05) is 0 Å². The van der Waals surface area contributed by atoms with Crippen LogP contribution in [0.2, 0.25) is 10.0 Å². The number of carbonyl (C=O) groups is 1. The zero-order chi connectivity index (χ0) is 14.3. The van der Waals surface area contributed by atoms with Gasteiger partial charge < -0.3 is 4.42 Å². The first-order chi connectivity index (χ1) is 9.54. The van der Waals surface area contributed by atoms with E-state index in [0.717, 1.165) is 0 Å². The predicted octanol–water partition coefficient (Wildman–Crippen LogP) is 5.18. The van der Waals surface area contributed by atoms with Gasteiger partial charge in [-0.2, -0.15) is 0 Å². The van der Waals surface area contributed by atoms with Crippen molar-refractivity contribution < 1.29 is 9.21 Å². The van der Waals surface area contributed by atoms with Gasteiger partial charge in [-0.1, -0.05) is 23.2 Å². The Morgan fingerprint density at radius 1 is 1.10 bits per heavy atom. The number of rotatable bonds is 2. The fourth-order valence-electron chi connectivity index (χ4n) is 1.83. The van der Waals surface area contributed by atoms with Gasteiger partial charge in [0.2, 0.25) is 5.89 Å². The van der Waals surface area contributed by atoms with E-state index < -0.39 is 5.24 Å². The molecule has 0 unspecified atom stereocenters. The van der Waals surface area contributed by atoms with Crippen LogP contribution in [0.1, 0.15) is 10.4 Å². The van der Waals surface area contributed by atoms with Gasteiger partial charge in [-0.15, -0.1) is 0 Å². The molecule has 0 radical (unpaired) electrons. The zero-order valence-corrected chi connectivity index (χ0v) is 12.1. The summed E-state index contributed by atoms with van der Waals surface area (Å²) in [5.74, 6) is 0.401. The highest BCUT2D eigenvalue weighted by Crippen LogP contribution is 2.29. The molecule has 0 amide bonds. The van der Waals surface area contributed by atoms with Gasteiger partial charge in [-0.25, -0.2) is 4.98 Å². The maximum atomic E-state index is 11.1. The van der Waals surface area contributed by atoms with Gasteiger partial charge in [0.15, 0.2) is 5.58 Å². The second-order valence-corrected chi connectivity index (χ2v) is 5.29. The minimum atomic E-state index is -0.606. The van der Waals surface area contributed by atoms with Gasteiger partial charge in [0, 0.05) is 10.6 Å². The van der Waals surface area contributed by atoms with Crippen molar-refractivity contribution >= 4 is 51.1 Å². The largest absolute Gasteiger partial charge is 0.436 e. The Kier molecular flexibility index (Phi) is 3.42. The van der Waals surface area contributed by atoms with Crippen molar-refractivity contribution in [1.29, 1.82) is 0 Å². The van der Waals surface area contributed by atoms with Gasteiger partial charge >= 0.3 is 0 Å². The normalized spacial score (nSPS) is 10.9. The highest BCUT2D eigenvalue weighted by Gasteiger charge is 2.13. The molecule has 0 fully saturated rings. The smallest absolute Gasteiger partial charge is 0.253 e. The molecule has 1 aromatic heterocycles. The summed E-state index contributed by atoms with van der Waals surface area (Å²) in [6.07, 6.45) is 0. The maximum absolute atomic E-state index is 11.1. The number of nitrogens with zero attached hydrogens (tertiary/aromatic N) is 1. The third-order valence-corrected chi connectivity index (χ3v) is 3.53. The van der Waals surface area contributed by atoms with Crippen LogP contribution in [0, 0.1) is 0 Å². The SMILES string of the molecule is O=C(Cl)c1ccc(-c2nc3cc(Cl)ccc3o2)cc1Cl. The fourth-order valence-corrected chi connectivity index (χ4v) is 2.48. The zero-order valence-electron chi connectivity index (χ0n) is 9.86. The molecule has 3 aromatic rings. The topological polar surface area (TPSA) is 43.1 Å². The van der Waals surface area contributed by atoms with Crippen molar-refractivity contribution in [2.24, 2.45) is 0 Å². The average Bonchev–Trinajstić information content (AvgIpc) is 2.81. The Balaban J connectivity index is 2.11. The number of hydrogen-bond acceptors (Lipinski definition) is 3. The number of halogens is 3. The fraction of sp³-hybridized carbons (Fsp3) is 0. The second kappa shape index (κ2) is 5.09. The second-order valence-electron chi connectivity index (χ2n) is 4.10. The lowest BCUT2D eigenvalue weighted by atomic mass is 10.1. The number of hydrogen-bond donors (Lipinski definition) is 0. The summed E-state index contributed by atoms with van der Waals surface area (Å²) in [6, 6.07) is 9.97. The van der Waals surface area contributed by atoms with Crippen LogP contribution in [0.5, 0.6) is 0 Å². The van der Waals surface area contributed by atoms with E-state index >= 15 is 0 Å². The first-order valence-corrected chi connectivity index (χ1v) is 6.74. The molecule has 100 valence electrons. The van der Waals surface area contributed by atoms with Crippen molar-refractivity contribution in [3.8, 4) is 11.5 Å². The van der Waals surface area contributed by atoms with Gasteiger partial charge in [0.1, 0.15) is 5.52 Å². The highest BCUT2D eigenvalue weighted by atomic mass is 35.5. The van der Waals surface area contributed by atoms with Gasteiger partial charge in [0.25, 0.3) is 5.24 Å². The summed E-state index contributed by atoms with van der Waals surface area (Å²) in [5, 5.41) is 0.229. The Labute approximate surface area is 129 Å². The van der Waals surface area contributed by atoms with Gasteiger partial charge in [0.05, 0.1) is 10.6 Å². The van der Waals surface area contributed by atoms with Crippen LogP contribution in [0.3, 0.4) is 0 Å². The molecule has 0 bridgehead atoms. The van der Waals surface area contributed by atoms with E-state index in [4.69, 9.17) is 39.2 Å². The first-order valence-electron chi connectivity index (χ1n) is 5.60. The number of aromatic nitrogens is 1. The van der Waals surface area contributed by atoms with E-state index in [2.05, 4.69) is 4.98 Å². The highest BCUT2D eigenvalue weighted by molar-refractivity contribution is 6.68. The third-order valence-electron chi connectivity index (χ3n) is 2.78. The van der Waals surface area contributed by atoms with Crippen molar-refractivity contribution in [3.63, 3.8) is 0 Å². The van der Waals surface area contributed by atoms with Crippen molar-refractivity contribution in [3.05, 3.63) is 52.0 Å². The van der Waals surface area contributed by atoms with Crippen molar-refractivity contribution in [2.45, 2.75) is 0 Å². The molecule has 0 saturated carbocycles. The number of carbonyl (C=O) groups excluding carboxylic acids is 1. The molecular formula is C14H6Cl3NO2. The van der Waals surface area contributed by atoms with Crippen molar-refractivity contribution in [1.82, 2.24) is 4.98 Å². The molecule has 6 heteroatoms. The van der Waals surface area contributed by atoms with Gasteiger partial charge in [-0.05, 0) is 48.0 Å². The molecule has 0 saturated heterocycles. The maximum Gasteiger partial charge on any atom is 0.253 e. The molecule has 3 rings (SSSR count). The van der Waals surface area contributed by atoms with Crippen LogP contribution in [0.4, 0.5) is 0 Å². The molecule has 3 nitrogen and oxygen atoms in total. The van der Waals surface area contributed by atoms with E-state index in [1.165, 1.54) is 6.07 Å². The number of oxazole rings is 1. The summed E-state index contributed by atoms with van der Waals surface area (Å²) in [4.78, 5) is 15.5. The van der Waals surface area contributed by atoms with Crippen LogP contribution >= 0.6 is 34.8 Å². The molecule has 2 aromatic carbocycles. The Hall–Kier alpha value is -1.55. The number of benzene rings is 2. The summed E-state index contributed by atoms with van der Waals surface area (Å²) >= 11 is 17.3. The molecule has 0 aliphatic rings. The van der Waals surface area contributed by atoms with Crippen LogP contribution in [0.25, 0.3) is 22.6 Å². The Morgan fingerprint density at radius 2 is 1.90 bits per heavy atom. The quantitative estimate of drug-likeness (QED) is 0.609. The number of fused-ring (bicyclic) bond motifs is 1. The lowest BCUT2D eigenvalue weighted by Crippen LogP contribution is -1.90. The summed E-state index contributed by atoms with van der Waals surface area (Å²) in [5.41, 5.74) is 2.18. The first kappa shape index (κ1) is 13.4. The van der Waals surface area contributed by atoms with E-state index in [-0.39, 0.29) is 10.6 Å². The molecule has 0 spiro atoms. The monoisotopic (exact) mass is 325 g/mol. The van der Waals surface area contributed by atoms with Crippen LogP contribution in [0.15, 0.2) is 40.8 Å². The molecule has 20 heavy (non-hydrogen) atoms. The average molecular weight is 327 g/mol. The summed E-state index contributed by atoms with van der Waals surface area (Å²) in [6.45, 7) is 0. The molecule has 0 aliphatic heterocycles. The minimum absolute atomic E-state index is 0.247. The Morgan fingerprint density at radius 3 is 2.60 bits per heavy atom. The molecule has 0 N–H and O–H groups in total. The Bertz CT molecular complexity index is 826. The van der Waals surface area contributed by atoms with Crippen molar-refractivity contribution in [2.75, 3.05) is 0 Å². The summed E-state index contributed by atoms with van der Waals surface area (Å²) < 4.78 is 5.62. The molecule has 0 atom stereocenters. The van der Waals surface area contributed by atoms with Crippen LogP contribution < -0.4 is 0 Å². The lowest BCUT2D eigenvalue weighted by molar-refractivity contribution is 0.108. The third kappa shape index (κ3) is 2.40. The van der Waals surface area contributed by atoms with E-state index in [1.54, 1.807) is 30.3 Å². The molecular weight excluding hydrogens is 321 g/mol. The molecule has 0 aliphatic carbocycles. The van der Waals surface area contributed by atoms with E-state index in [0.29, 0.717) is 27.6 Å². The standard InChI is InChI=1S/C14H6Cl3NO2/c15-8-2-4-12-11(6-8)18-14(20-12)7-1-3-9(13(17)19)10(16)5-7/h1-6H. The van der Waals surface area contributed by atoms with Gasteiger partial charge in [-0.3, -0.25) is 4.79 Å². The van der Waals surface area contributed by atoms with E-state index in [9.17, 15) is 4.79 Å².